The fourth-order valence-electron chi connectivity index (χ4n) is 2.32. The molecule has 0 bridgehead atoms. The number of hydrogen-bond acceptors (Lipinski definition) is 4. The normalized spacial score (nSPS) is 15.0. The molecule has 4 N–H and O–H groups in total. The van der Waals surface area contributed by atoms with Gasteiger partial charge in [-0.25, -0.2) is 4.79 Å². The number of aromatic carboxylic acids is 1. The second kappa shape index (κ2) is 6.27. The minimum atomic E-state index is -1.14. The molecule has 0 unspecified atom stereocenters. The molecule has 0 aromatic heterocycles. The van der Waals surface area contributed by atoms with Gasteiger partial charge in [-0.3, -0.25) is 4.79 Å². The maximum absolute atomic E-state index is 11.7. The Hall–Kier alpha value is -2.24. The Balaban J connectivity index is 1.93. The van der Waals surface area contributed by atoms with Gasteiger partial charge in [0.25, 0.3) is 5.91 Å². The minimum Gasteiger partial charge on any atom is -0.483 e. The van der Waals surface area contributed by atoms with E-state index in [0.717, 1.165) is 25.7 Å². The van der Waals surface area contributed by atoms with Crippen LogP contribution in [0.5, 0.6) is 5.75 Å². The van der Waals surface area contributed by atoms with Gasteiger partial charge in [-0.2, -0.15) is 0 Å². The molecule has 1 amide bonds. The molecule has 1 aliphatic carbocycles. The molecule has 2 rings (SSSR count). The molecule has 1 aromatic carbocycles. The summed E-state index contributed by atoms with van der Waals surface area (Å²) >= 11 is 0. The van der Waals surface area contributed by atoms with Gasteiger partial charge in [-0.1, -0.05) is 12.8 Å². The zero-order valence-electron chi connectivity index (χ0n) is 11.1. The van der Waals surface area contributed by atoms with Crippen molar-refractivity contribution in [3.8, 4) is 5.75 Å². The Morgan fingerprint density at radius 2 is 2.05 bits per heavy atom. The number of carboxylic acids is 1. The van der Waals surface area contributed by atoms with E-state index in [-0.39, 0.29) is 29.9 Å². The highest BCUT2D eigenvalue weighted by molar-refractivity contribution is 5.92. The fraction of sp³-hybridized carbons (Fsp3) is 0.429. The number of nitrogens with one attached hydrogen (secondary N) is 1. The third-order valence-corrected chi connectivity index (χ3v) is 3.31. The van der Waals surface area contributed by atoms with E-state index in [2.05, 4.69) is 5.32 Å². The van der Waals surface area contributed by atoms with Gasteiger partial charge in [0.2, 0.25) is 0 Å². The number of rotatable bonds is 5. The van der Waals surface area contributed by atoms with Gasteiger partial charge < -0.3 is 20.9 Å². The molecule has 6 heteroatoms. The SMILES string of the molecule is Nc1ccc(OCC(=O)NC2CCCC2)c(C(=O)O)c1. The lowest BCUT2D eigenvalue weighted by Gasteiger charge is -2.13. The van der Waals surface area contributed by atoms with Gasteiger partial charge in [-0.15, -0.1) is 0 Å². The van der Waals surface area contributed by atoms with Gasteiger partial charge in [0.15, 0.2) is 6.61 Å². The molecule has 6 nitrogen and oxygen atoms in total. The van der Waals surface area contributed by atoms with Gasteiger partial charge in [0.1, 0.15) is 11.3 Å². The average Bonchev–Trinajstić information content (AvgIpc) is 2.90. The van der Waals surface area contributed by atoms with E-state index in [4.69, 9.17) is 15.6 Å². The topological polar surface area (TPSA) is 102 Å². The van der Waals surface area contributed by atoms with E-state index < -0.39 is 5.97 Å². The summed E-state index contributed by atoms with van der Waals surface area (Å²) in [5.41, 5.74) is 5.83. The van der Waals surface area contributed by atoms with Crippen molar-refractivity contribution in [1.82, 2.24) is 5.32 Å². The van der Waals surface area contributed by atoms with E-state index in [1.807, 2.05) is 0 Å². The number of carbonyl (C=O) groups is 2. The lowest BCUT2D eigenvalue weighted by atomic mass is 10.2. The van der Waals surface area contributed by atoms with Crippen molar-refractivity contribution in [3.05, 3.63) is 23.8 Å². The van der Waals surface area contributed by atoms with Crippen molar-refractivity contribution in [3.63, 3.8) is 0 Å². The van der Waals surface area contributed by atoms with Crippen LogP contribution in [-0.4, -0.2) is 29.6 Å². The van der Waals surface area contributed by atoms with E-state index in [1.165, 1.54) is 18.2 Å². The zero-order valence-corrected chi connectivity index (χ0v) is 11.1. The third kappa shape index (κ3) is 3.63. The number of carbonyl (C=O) groups excluding carboxylic acids is 1. The lowest BCUT2D eigenvalue weighted by molar-refractivity contribution is -0.123. The first-order valence-electron chi connectivity index (χ1n) is 6.61. The number of amides is 1. The largest absolute Gasteiger partial charge is 0.483 e. The standard InChI is InChI=1S/C14H18N2O4/c15-9-5-6-12(11(7-9)14(18)19)20-8-13(17)16-10-3-1-2-4-10/h5-7,10H,1-4,8,15H2,(H,16,17)(H,18,19). The lowest BCUT2D eigenvalue weighted by Crippen LogP contribution is -2.36. The van der Waals surface area contributed by atoms with Crippen molar-refractivity contribution in [2.75, 3.05) is 12.3 Å². The molecule has 0 spiro atoms. The molecule has 0 saturated heterocycles. The summed E-state index contributed by atoms with van der Waals surface area (Å²) in [6.45, 7) is -0.194. The molecule has 1 aromatic rings. The zero-order chi connectivity index (χ0) is 14.5. The van der Waals surface area contributed by atoms with E-state index >= 15 is 0 Å². The molecular formula is C14H18N2O4. The highest BCUT2D eigenvalue weighted by atomic mass is 16.5. The van der Waals surface area contributed by atoms with E-state index in [0.29, 0.717) is 5.69 Å². The smallest absolute Gasteiger partial charge is 0.339 e. The number of carboxylic acid groups (broad SMARTS) is 1. The van der Waals surface area contributed by atoms with Crippen LogP contribution in [0.4, 0.5) is 5.69 Å². The molecule has 0 radical (unpaired) electrons. The third-order valence-electron chi connectivity index (χ3n) is 3.31. The monoisotopic (exact) mass is 278 g/mol. The Morgan fingerprint density at radius 1 is 1.35 bits per heavy atom. The predicted molar refractivity (Wildman–Crippen MR) is 73.7 cm³/mol. The van der Waals surface area contributed by atoms with Crippen molar-refractivity contribution >= 4 is 17.6 Å². The molecule has 0 heterocycles. The molecule has 108 valence electrons. The van der Waals surface area contributed by atoms with Crippen molar-refractivity contribution in [2.24, 2.45) is 0 Å². The Labute approximate surface area is 116 Å². The number of nitrogen functional groups attached to an aromatic ring is 1. The first kappa shape index (κ1) is 14.2. The molecule has 1 aliphatic rings. The molecular weight excluding hydrogens is 260 g/mol. The number of nitrogens with two attached hydrogens (primary N) is 1. The van der Waals surface area contributed by atoms with Crippen molar-refractivity contribution in [2.45, 2.75) is 31.7 Å². The van der Waals surface area contributed by atoms with Gasteiger partial charge in [0.05, 0.1) is 0 Å². The summed E-state index contributed by atoms with van der Waals surface area (Å²) in [6, 6.07) is 4.53. The highest BCUT2D eigenvalue weighted by Gasteiger charge is 2.18. The second-order valence-electron chi connectivity index (χ2n) is 4.90. The second-order valence-corrected chi connectivity index (χ2v) is 4.90. The van der Waals surface area contributed by atoms with Crippen LogP contribution in [0.25, 0.3) is 0 Å². The van der Waals surface area contributed by atoms with Gasteiger partial charge >= 0.3 is 5.97 Å². The summed E-state index contributed by atoms with van der Waals surface area (Å²) in [6.07, 6.45) is 4.25. The van der Waals surface area contributed by atoms with Crippen molar-refractivity contribution < 1.29 is 19.4 Å². The number of ether oxygens (including phenoxy) is 1. The maximum Gasteiger partial charge on any atom is 0.339 e. The molecule has 1 saturated carbocycles. The number of benzene rings is 1. The van der Waals surface area contributed by atoms with Gasteiger partial charge in [-0.05, 0) is 31.0 Å². The van der Waals surface area contributed by atoms with Gasteiger partial charge in [0, 0.05) is 11.7 Å². The quantitative estimate of drug-likeness (QED) is 0.707. The van der Waals surface area contributed by atoms with E-state index in [1.54, 1.807) is 0 Å². The summed E-state index contributed by atoms with van der Waals surface area (Å²) in [7, 11) is 0. The first-order chi connectivity index (χ1) is 9.56. The highest BCUT2D eigenvalue weighted by Crippen LogP contribution is 2.21. The molecule has 20 heavy (non-hydrogen) atoms. The fourth-order valence-corrected chi connectivity index (χ4v) is 2.32. The van der Waals surface area contributed by atoms with Crippen LogP contribution in [-0.2, 0) is 4.79 Å². The van der Waals surface area contributed by atoms with Crippen LogP contribution >= 0.6 is 0 Å². The predicted octanol–water partition coefficient (Wildman–Crippen LogP) is 1.40. The summed E-state index contributed by atoms with van der Waals surface area (Å²) in [5.74, 6) is -1.22. The Bertz CT molecular complexity index is 510. The average molecular weight is 278 g/mol. The summed E-state index contributed by atoms with van der Waals surface area (Å²) in [4.78, 5) is 22.8. The number of hydrogen-bond donors (Lipinski definition) is 3. The van der Waals surface area contributed by atoms with Crippen LogP contribution in [0, 0.1) is 0 Å². The summed E-state index contributed by atoms with van der Waals surface area (Å²) < 4.78 is 5.28. The van der Waals surface area contributed by atoms with Crippen LogP contribution in [0.1, 0.15) is 36.0 Å². The Kier molecular flexibility index (Phi) is 4.45. The minimum absolute atomic E-state index is 0.0429. The van der Waals surface area contributed by atoms with Crippen molar-refractivity contribution in [1.29, 1.82) is 0 Å². The van der Waals surface area contributed by atoms with Crippen LogP contribution in [0.15, 0.2) is 18.2 Å². The molecule has 0 aliphatic heterocycles. The van der Waals surface area contributed by atoms with Crippen LogP contribution < -0.4 is 15.8 Å². The first-order valence-corrected chi connectivity index (χ1v) is 6.61. The Morgan fingerprint density at radius 3 is 2.70 bits per heavy atom. The molecule has 1 fully saturated rings. The molecule has 0 atom stereocenters. The maximum atomic E-state index is 11.7. The van der Waals surface area contributed by atoms with E-state index in [9.17, 15) is 9.59 Å². The van der Waals surface area contributed by atoms with Crippen LogP contribution in [0.2, 0.25) is 0 Å². The number of anilines is 1. The summed E-state index contributed by atoms with van der Waals surface area (Å²) in [5, 5.41) is 11.9. The van der Waals surface area contributed by atoms with Crippen LogP contribution in [0.3, 0.4) is 0 Å².